The number of anilines is 1. The molecule has 1 aromatic rings. The van der Waals surface area contributed by atoms with Crippen LogP contribution in [0.2, 0.25) is 5.02 Å². The summed E-state index contributed by atoms with van der Waals surface area (Å²) >= 11 is 6.08. The van der Waals surface area contributed by atoms with E-state index >= 15 is 0 Å². The van der Waals surface area contributed by atoms with Crippen LogP contribution >= 0.6 is 11.6 Å². The van der Waals surface area contributed by atoms with Gasteiger partial charge in [0.2, 0.25) is 5.91 Å². The Kier molecular flexibility index (Phi) is 3.07. The summed E-state index contributed by atoms with van der Waals surface area (Å²) in [5.74, 6) is -0.204. The summed E-state index contributed by atoms with van der Waals surface area (Å²) in [6, 6.07) is 4.98. The molecule has 0 spiro atoms. The molecular formula is C12H13ClN2O2. The number of rotatable bonds is 1. The third-order valence-corrected chi connectivity index (χ3v) is 3.15. The molecule has 1 aromatic carbocycles. The molecule has 1 heterocycles. The minimum atomic E-state index is -0.322. The third kappa shape index (κ3) is 2.00. The number of hydrogen-bond donors (Lipinski definition) is 0. The molecule has 1 aliphatic heterocycles. The molecule has 1 aliphatic rings. The topological polar surface area (TPSA) is 40.6 Å². The van der Waals surface area contributed by atoms with Gasteiger partial charge in [-0.25, -0.2) is 9.69 Å². The largest absolute Gasteiger partial charge is 0.331 e. The molecule has 2 rings (SSSR count). The molecule has 1 saturated heterocycles. The highest BCUT2D eigenvalue weighted by Crippen LogP contribution is 2.31. The first-order valence-electron chi connectivity index (χ1n) is 5.35. The minimum Gasteiger partial charge on any atom is -0.327 e. The van der Waals surface area contributed by atoms with Gasteiger partial charge < -0.3 is 4.90 Å². The molecule has 5 heteroatoms. The van der Waals surface area contributed by atoms with E-state index in [1.54, 1.807) is 19.2 Å². The fourth-order valence-corrected chi connectivity index (χ4v) is 2.18. The van der Waals surface area contributed by atoms with Crippen molar-refractivity contribution in [2.45, 2.75) is 13.3 Å². The molecule has 3 amide bonds. The van der Waals surface area contributed by atoms with Crippen molar-refractivity contribution in [2.75, 3.05) is 18.5 Å². The van der Waals surface area contributed by atoms with E-state index in [4.69, 9.17) is 11.6 Å². The molecular weight excluding hydrogens is 240 g/mol. The number of benzene rings is 1. The van der Waals surface area contributed by atoms with Crippen molar-refractivity contribution in [3.63, 3.8) is 0 Å². The zero-order chi connectivity index (χ0) is 12.6. The molecule has 1 fully saturated rings. The first-order valence-corrected chi connectivity index (χ1v) is 5.73. The first-order chi connectivity index (χ1) is 8.02. The third-order valence-electron chi connectivity index (χ3n) is 2.84. The number of urea groups is 1. The summed E-state index contributed by atoms with van der Waals surface area (Å²) in [5.41, 5.74) is 1.31. The Morgan fingerprint density at radius 3 is 2.65 bits per heavy atom. The number of amides is 3. The molecule has 0 N–H and O–H groups in total. The Labute approximate surface area is 105 Å². The van der Waals surface area contributed by atoms with Crippen LogP contribution < -0.4 is 4.90 Å². The van der Waals surface area contributed by atoms with Gasteiger partial charge in [-0.05, 0) is 18.6 Å². The van der Waals surface area contributed by atoms with Gasteiger partial charge in [0.25, 0.3) is 0 Å². The van der Waals surface area contributed by atoms with Crippen molar-refractivity contribution in [1.29, 1.82) is 0 Å². The van der Waals surface area contributed by atoms with E-state index < -0.39 is 0 Å². The Morgan fingerprint density at radius 2 is 2.00 bits per heavy atom. The summed E-state index contributed by atoms with van der Waals surface area (Å²) in [4.78, 5) is 26.6. The SMILES string of the molecule is Cc1cccc(Cl)c1N1C(=O)CCN(C)C1=O. The second-order valence-electron chi connectivity index (χ2n) is 4.09. The van der Waals surface area contributed by atoms with Crippen molar-refractivity contribution in [3.8, 4) is 0 Å². The fourth-order valence-electron chi connectivity index (χ4n) is 1.87. The lowest BCUT2D eigenvalue weighted by Crippen LogP contribution is -2.51. The lowest BCUT2D eigenvalue weighted by Gasteiger charge is -2.32. The predicted octanol–water partition coefficient (Wildman–Crippen LogP) is 2.44. The van der Waals surface area contributed by atoms with Crippen LogP contribution in [0.4, 0.5) is 10.5 Å². The number of aryl methyl sites for hydroxylation is 1. The van der Waals surface area contributed by atoms with Crippen LogP contribution in [0, 0.1) is 6.92 Å². The van der Waals surface area contributed by atoms with E-state index in [-0.39, 0.29) is 11.9 Å². The summed E-state index contributed by atoms with van der Waals surface area (Å²) < 4.78 is 0. The van der Waals surface area contributed by atoms with Gasteiger partial charge in [0.05, 0.1) is 10.7 Å². The van der Waals surface area contributed by atoms with Crippen molar-refractivity contribution >= 4 is 29.2 Å². The van der Waals surface area contributed by atoms with Gasteiger partial charge in [-0.3, -0.25) is 4.79 Å². The van der Waals surface area contributed by atoms with Gasteiger partial charge in [0.15, 0.2) is 0 Å². The maximum absolute atomic E-state index is 12.0. The molecule has 0 aliphatic carbocycles. The van der Waals surface area contributed by atoms with Crippen LogP contribution in [0.15, 0.2) is 18.2 Å². The van der Waals surface area contributed by atoms with E-state index in [0.717, 1.165) is 5.56 Å². The van der Waals surface area contributed by atoms with E-state index in [1.165, 1.54) is 9.80 Å². The molecule has 4 nitrogen and oxygen atoms in total. The minimum absolute atomic E-state index is 0.204. The molecule has 0 aromatic heterocycles. The molecule has 17 heavy (non-hydrogen) atoms. The van der Waals surface area contributed by atoms with Crippen molar-refractivity contribution in [3.05, 3.63) is 28.8 Å². The van der Waals surface area contributed by atoms with Crippen LogP contribution in [0.25, 0.3) is 0 Å². The number of hydrogen-bond acceptors (Lipinski definition) is 2. The Balaban J connectivity index is 2.50. The lowest BCUT2D eigenvalue weighted by molar-refractivity contribution is -0.119. The maximum atomic E-state index is 12.0. The Hall–Kier alpha value is -1.55. The van der Waals surface area contributed by atoms with Gasteiger partial charge in [-0.15, -0.1) is 0 Å². The summed E-state index contributed by atoms with van der Waals surface area (Å²) in [6.45, 7) is 2.29. The average molecular weight is 253 g/mol. The Morgan fingerprint density at radius 1 is 1.29 bits per heavy atom. The fraction of sp³-hybridized carbons (Fsp3) is 0.333. The van der Waals surface area contributed by atoms with Crippen LogP contribution in [0.1, 0.15) is 12.0 Å². The Bertz CT molecular complexity index is 467. The molecule has 0 atom stereocenters. The van der Waals surface area contributed by atoms with E-state index in [9.17, 15) is 9.59 Å². The molecule has 0 bridgehead atoms. The van der Waals surface area contributed by atoms with E-state index in [0.29, 0.717) is 23.7 Å². The van der Waals surface area contributed by atoms with E-state index in [1.807, 2.05) is 13.0 Å². The number of nitrogens with zero attached hydrogens (tertiary/aromatic N) is 2. The van der Waals surface area contributed by atoms with Gasteiger partial charge >= 0.3 is 6.03 Å². The number of halogens is 1. The quantitative estimate of drug-likeness (QED) is 0.770. The van der Waals surface area contributed by atoms with Crippen LogP contribution in [-0.4, -0.2) is 30.4 Å². The van der Waals surface area contributed by atoms with Crippen LogP contribution in [0.5, 0.6) is 0 Å². The highest BCUT2D eigenvalue weighted by Gasteiger charge is 2.33. The van der Waals surface area contributed by atoms with Gasteiger partial charge in [0, 0.05) is 20.0 Å². The monoisotopic (exact) mass is 252 g/mol. The number of imide groups is 1. The first kappa shape index (κ1) is 11.9. The summed E-state index contributed by atoms with van der Waals surface area (Å²) in [6.07, 6.45) is 0.326. The standard InChI is InChI=1S/C12H13ClN2O2/c1-8-4-3-5-9(13)11(8)15-10(16)6-7-14(2)12(15)17/h3-5H,6-7H2,1-2H3. The summed E-state index contributed by atoms with van der Waals surface area (Å²) in [7, 11) is 1.67. The lowest BCUT2D eigenvalue weighted by atomic mass is 10.1. The molecule has 0 saturated carbocycles. The number of carbonyl (C=O) groups excluding carboxylic acids is 2. The van der Waals surface area contributed by atoms with Gasteiger partial charge in [0.1, 0.15) is 0 Å². The van der Waals surface area contributed by atoms with Gasteiger partial charge in [-0.2, -0.15) is 0 Å². The normalized spacial score (nSPS) is 16.6. The van der Waals surface area contributed by atoms with Crippen LogP contribution in [0.3, 0.4) is 0 Å². The van der Waals surface area contributed by atoms with Crippen molar-refractivity contribution in [2.24, 2.45) is 0 Å². The smallest absolute Gasteiger partial charge is 0.327 e. The second-order valence-corrected chi connectivity index (χ2v) is 4.50. The van der Waals surface area contributed by atoms with E-state index in [2.05, 4.69) is 0 Å². The molecule has 0 radical (unpaired) electrons. The van der Waals surface area contributed by atoms with Crippen molar-refractivity contribution < 1.29 is 9.59 Å². The highest BCUT2D eigenvalue weighted by atomic mass is 35.5. The number of para-hydroxylation sites is 1. The van der Waals surface area contributed by atoms with Gasteiger partial charge in [-0.1, -0.05) is 23.7 Å². The average Bonchev–Trinajstić information content (AvgIpc) is 2.28. The highest BCUT2D eigenvalue weighted by molar-refractivity contribution is 6.35. The molecule has 90 valence electrons. The zero-order valence-electron chi connectivity index (χ0n) is 9.74. The second kappa shape index (κ2) is 4.37. The molecule has 0 unspecified atom stereocenters. The predicted molar refractivity (Wildman–Crippen MR) is 66.3 cm³/mol. The van der Waals surface area contributed by atoms with Crippen molar-refractivity contribution in [1.82, 2.24) is 4.90 Å². The maximum Gasteiger partial charge on any atom is 0.331 e. The summed E-state index contributed by atoms with van der Waals surface area (Å²) in [5, 5.41) is 0.419. The zero-order valence-corrected chi connectivity index (χ0v) is 10.5. The van der Waals surface area contributed by atoms with Crippen LogP contribution in [-0.2, 0) is 4.79 Å². The number of carbonyl (C=O) groups is 2.